The van der Waals surface area contributed by atoms with E-state index < -0.39 is 0 Å². The molecule has 0 aromatic rings. The van der Waals surface area contributed by atoms with Gasteiger partial charge in [0.1, 0.15) is 0 Å². The lowest BCUT2D eigenvalue weighted by atomic mass is 10.1. The van der Waals surface area contributed by atoms with Gasteiger partial charge in [-0.3, -0.25) is 4.79 Å². The number of allylic oxidation sites excluding steroid dienone is 5. The summed E-state index contributed by atoms with van der Waals surface area (Å²) in [7, 11) is 3.47. The van der Waals surface area contributed by atoms with Crippen LogP contribution < -0.4 is 0 Å². The molecule has 1 unspecified atom stereocenters. The third kappa shape index (κ3) is 15.9. The molecule has 0 heterocycles. The molecule has 26 heavy (non-hydrogen) atoms. The number of aliphatic hydroxyl groups is 2. The van der Waals surface area contributed by atoms with Crippen molar-refractivity contribution in [2.75, 3.05) is 14.1 Å². The zero-order chi connectivity index (χ0) is 19.6. The Morgan fingerprint density at radius 2 is 1.65 bits per heavy atom. The van der Waals surface area contributed by atoms with Crippen molar-refractivity contribution in [3.05, 3.63) is 36.1 Å². The lowest BCUT2D eigenvalue weighted by molar-refractivity contribution is -0.128. The standard InChI is InChI=1S/C22H39NO3/c1-4-5-6-7-8-11-15-20(24)16-12-9-10-13-17-21(25)18-14-19-22(26)23(2)3/h9-10,12-13,17,20,24-25H,4-8,11,14-16,18-19H2,1-3H3. The third-order valence-electron chi connectivity index (χ3n) is 4.27. The Bertz CT molecular complexity index is 439. The van der Waals surface area contributed by atoms with Gasteiger partial charge in [-0.15, -0.1) is 0 Å². The van der Waals surface area contributed by atoms with Gasteiger partial charge in [-0.1, -0.05) is 69.8 Å². The number of carbonyl (C=O) groups is 1. The smallest absolute Gasteiger partial charge is 0.222 e. The molecule has 0 aromatic carbocycles. The lowest BCUT2D eigenvalue weighted by Crippen LogP contribution is -2.21. The predicted molar refractivity (Wildman–Crippen MR) is 110 cm³/mol. The highest BCUT2D eigenvalue weighted by molar-refractivity contribution is 5.75. The van der Waals surface area contributed by atoms with Crippen LogP contribution >= 0.6 is 0 Å². The molecule has 0 saturated heterocycles. The van der Waals surface area contributed by atoms with Crippen LogP contribution in [0.1, 0.15) is 77.6 Å². The topological polar surface area (TPSA) is 60.8 Å². The summed E-state index contributed by atoms with van der Waals surface area (Å²) in [6.07, 6.45) is 19.5. The SMILES string of the molecule is CCCCCCCCC(O)CC=CC=CC=C(O)CCCC(=O)N(C)C. The Kier molecular flexibility index (Phi) is 15.9. The number of aliphatic hydroxyl groups excluding tert-OH is 2. The van der Waals surface area contributed by atoms with Gasteiger partial charge in [0.05, 0.1) is 11.9 Å². The van der Waals surface area contributed by atoms with Crippen molar-refractivity contribution in [1.82, 2.24) is 4.90 Å². The monoisotopic (exact) mass is 365 g/mol. The van der Waals surface area contributed by atoms with Gasteiger partial charge in [-0.25, -0.2) is 0 Å². The summed E-state index contributed by atoms with van der Waals surface area (Å²) in [4.78, 5) is 13.0. The highest BCUT2D eigenvalue weighted by Crippen LogP contribution is 2.10. The first-order chi connectivity index (χ1) is 12.5. The quantitative estimate of drug-likeness (QED) is 0.235. The number of unbranched alkanes of at least 4 members (excludes halogenated alkanes) is 5. The maximum atomic E-state index is 11.4. The number of amides is 1. The Balaban J connectivity index is 3.76. The van der Waals surface area contributed by atoms with E-state index in [2.05, 4.69) is 6.92 Å². The summed E-state index contributed by atoms with van der Waals surface area (Å²) < 4.78 is 0. The first kappa shape index (κ1) is 24.5. The number of carbonyl (C=O) groups excluding carboxylic acids is 1. The zero-order valence-electron chi connectivity index (χ0n) is 17.0. The van der Waals surface area contributed by atoms with Crippen LogP contribution in [0.5, 0.6) is 0 Å². The number of hydrogen-bond acceptors (Lipinski definition) is 3. The molecule has 0 bridgehead atoms. The Labute approximate surface area is 160 Å². The van der Waals surface area contributed by atoms with E-state index in [1.54, 1.807) is 31.1 Å². The highest BCUT2D eigenvalue weighted by atomic mass is 16.3. The first-order valence-corrected chi connectivity index (χ1v) is 10.1. The summed E-state index contributed by atoms with van der Waals surface area (Å²) in [6.45, 7) is 2.22. The fourth-order valence-electron chi connectivity index (χ4n) is 2.55. The second-order valence-corrected chi connectivity index (χ2v) is 7.06. The average Bonchev–Trinajstić information content (AvgIpc) is 2.60. The number of rotatable bonds is 15. The van der Waals surface area contributed by atoms with Crippen LogP contribution in [-0.4, -0.2) is 41.2 Å². The zero-order valence-corrected chi connectivity index (χ0v) is 17.0. The molecule has 0 aliphatic carbocycles. The normalized spacial score (nSPS) is 13.6. The first-order valence-electron chi connectivity index (χ1n) is 10.1. The minimum atomic E-state index is -0.260. The van der Waals surface area contributed by atoms with E-state index in [4.69, 9.17) is 0 Å². The third-order valence-corrected chi connectivity index (χ3v) is 4.27. The summed E-state index contributed by atoms with van der Waals surface area (Å²) in [5.74, 6) is 0.361. The summed E-state index contributed by atoms with van der Waals surface area (Å²) in [5, 5.41) is 19.7. The maximum absolute atomic E-state index is 11.4. The van der Waals surface area contributed by atoms with Crippen LogP contribution in [0.3, 0.4) is 0 Å². The molecule has 1 atom stereocenters. The molecule has 0 saturated carbocycles. The van der Waals surface area contributed by atoms with E-state index in [0.29, 0.717) is 25.7 Å². The second-order valence-electron chi connectivity index (χ2n) is 7.06. The van der Waals surface area contributed by atoms with E-state index >= 15 is 0 Å². The molecule has 0 rings (SSSR count). The van der Waals surface area contributed by atoms with Crippen molar-refractivity contribution in [3.8, 4) is 0 Å². The van der Waals surface area contributed by atoms with Crippen LogP contribution in [0.4, 0.5) is 0 Å². The fraction of sp³-hybridized carbons (Fsp3) is 0.682. The van der Waals surface area contributed by atoms with Gasteiger partial charge in [0.25, 0.3) is 0 Å². The predicted octanol–water partition coefficient (Wildman–Crippen LogP) is 5.30. The molecular weight excluding hydrogens is 326 g/mol. The Morgan fingerprint density at radius 1 is 0.962 bits per heavy atom. The van der Waals surface area contributed by atoms with E-state index in [9.17, 15) is 15.0 Å². The fourth-order valence-corrected chi connectivity index (χ4v) is 2.55. The molecule has 2 N–H and O–H groups in total. The molecule has 0 aliphatic heterocycles. The van der Waals surface area contributed by atoms with E-state index in [1.807, 2.05) is 18.2 Å². The van der Waals surface area contributed by atoms with Crippen LogP contribution in [0.25, 0.3) is 0 Å². The maximum Gasteiger partial charge on any atom is 0.222 e. The second kappa shape index (κ2) is 16.9. The average molecular weight is 366 g/mol. The van der Waals surface area contributed by atoms with Crippen LogP contribution in [0, 0.1) is 0 Å². The summed E-state index contributed by atoms with van der Waals surface area (Å²) in [5.41, 5.74) is 0. The van der Waals surface area contributed by atoms with Crippen molar-refractivity contribution in [2.45, 2.75) is 83.7 Å². The van der Waals surface area contributed by atoms with E-state index in [0.717, 1.165) is 12.8 Å². The van der Waals surface area contributed by atoms with E-state index in [-0.39, 0.29) is 17.8 Å². The molecule has 4 heteroatoms. The van der Waals surface area contributed by atoms with E-state index in [1.165, 1.54) is 32.1 Å². The van der Waals surface area contributed by atoms with Crippen LogP contribution in [-0.2, 0) is 4.79 Å². The van der Waals surface area contributed by atoms with Gasteiger partial charge >= 0.3 is 0 Å². The van der Waals surface area contributed by atoms with Gasteiger partial charge in [0, 0.05) is 26.9 Å². The summed E-state index contributed by atoms with van der Waals surface area (Å²) >= 11 is 0. The molecule has 4 nitrogen and oxygen atoms in total. The van der Waals surface area contributed by atoms with Crippen molar-refractivity contribution in [1.29, 1.82) is 0 Å². The Hall–Kier alpha value is -1.55. The van der Waals surface area contributed by atoms with Gasteiger partial charge in [0.15, 0.2) is 0 Å². The summed E-state index contributed by atoms with van der Waals surface area (Å²) in [6, 6.07) is 0. The molecular formula is C22H39NO3. The molecule has 1 amide bonds. The lowest BCUT2D eigenvalue weighted by Gasteiger charge is -2.09. The van der Waals surface area contributed by atoms with Crippen molar-refractivity contribution in [2.24, 2.45) is 0 Å². The largest absolute Gasteiger partial charge is 0.512 e. The van der Waals surface area contributed by atoms with Crippen LogP contribution in [0.2, 0.25) is 0 Å². The van der Waals surface area contributed by atoms with Gasteiger partial charge in [0.2, 0.25) is 5.91 Å². The van der Waals surface area contributed by atoms with Crippen molar-refractivity contribution in [3.63, 3.8) is 0 Å². The van der Waals surface area contributed by atoms with Crippen LogP contribution in [0.15, 0.2) is 36.1 Å². The minimum Gasteiger partial charge on any atom is -0.512 e. The molecule has 0 radical (unpaired) electrons. The highest BCUT2D eigenvalue weighted by Gasteiger charge is 2.03. The molecule has 0 fully saturated rings. The number of nitrogens with zero attached hydrogens (tertiary/aromatic N) is 1. The van der Waals surface area contributed by atoms with Crippen molar-refractivity contribution < 1.29 is 15.0 Å². The Morgan fingerprint density at radius 3 is 2.35 bits per heavy atom. The molecule has 0 aliphatic rings. The minimum absolute atomic E-state index is 0.0794. The van der Waals surface area contributed by atoms with Crippen molar-refractivity contribution >= 4 is 5.91 Å². The number of hydrogen-bond donors (Lipinski definition) is 2. The van der Waals surface area contributed by atoms with Gasteiger partial charge in [-0.05, 0) is 25.3 Å². The van der Waals surface area contributed by atoms with Gasteiger partial charge in [-0.2, -0.15) is 0 Å². The molecule has 0 aromatic heterocycles. The van der Waals surface area contributed by atoms with Gasteiger partial charge < -0.3 is 15.1 Å². The molecule has 0 spiro atoms. The molecule has 150 valence electrons.